The van der Waals surface area contributed by atoms with Crippen molar-refractivity contribution in [2.45, 2.75) is 19.1 Å². The monoisotopic (exact) mass is 392 g/mol. The van der Waals surface area contributed by atoms with Crippen molar-refractivity contribution in [1.29, 1.82) is 0 Å². The lowest BCUT2D eigenvalue weighted by molar-refractivity contribution is -0.149. The fourth-order valence-electron chi connectivity index (χ4n) is 2.31. The number of imide groups is 2. The zero-order valence-corrected chi connectivity index (χ0v) is 14.8. The summed E-state index contributed by atoms with van der Waals surface area (Å²) >= 11 is 5.94. The smallest absolute Gasteiger partial charge is 0.328 e. The van der Waals surface area contributed by atoms with Gasteiger partial charge in [-0.15, -0.1) is 0 Å². The minimum atomic E-state index is -1.88. The van der Waals surface area contributed by atoms with Crippen molar-refractivity contribution in [3.05, 3.63) is 58.9 Å². The number of hydrogen-bond acceptors (Lipinski definition) is 5. The third-order valence-electron chi connectivity index (χ3n) is 3.88. The average molecular weight is 393 g/mol. The van der Waals surface area contributed by atoms with Gasteiger partial charge >= 0.3 is 6.03 Å². The van der Waals surface area contributed by atoms with Crippen molar-refractivity contribution in [1.82, 2.24) is 10.6 Å². The van der Waals surface area contributed by atoms with E-state index in [1.54, 1.807) is 12.1 Å². The number of amides is 4. The molecule has 3 rings (SSSR count). The van der Waals surface area contributed by atoms with E-state index in [1.807, 2.05) is 10.6 Å². The number of nitrogens with one attached hydrogen (secondary N) is 2. The lowest BCUT2D eigenvalue weighted by Gasteiger charge is -2.30. The summed E-state index contributed by atoms with van der Waals surface area (Å²) in [5, 5.41) is 4.22. The maximum Gasteiger partial charge on any atom is 0.328 e. The molecule has 1 heterocycles. The van der Waals surface area contributed by atoms with Gasteiger partial charge in [0.25, 0.3) is 17.4 Å². The molecule has 1 aliphatic rings. The molecule has 0 spiro atoms. The minimum Gasteiger partial charge on any atom is -0.489 e. The molecule has 2 N–H and O–H groups in total. The van der Waals surface area contributed by atoms with Gasteiger partial charge in [0, 0.05) is 5.56 Å². The van der Waals surface area contributed by atoms with E-state index in [1.165, 1.54) is 37.3 Å². The van der Waals surface area contributed by atoms with E-state index in [-0.39, 0.29) is 17.4 Å². The van der Waals surface area contributed by atoms with Gasteiger partial charge in [-0.25, -0.2) is 9.18 Å². The highest BCUT2D eigenvalue weighted by atomic mass is 35.5. The number of halogens is 2. The van der Waals surface area contributed by atoms with Crippen LogP contribution in [-0.4, -0.2) is 23.4 Å². The van der Waals surface area contributed by atoms with Gasteiger partial charge in [0.1, 0.15) is 23.9 Å². The molecule has 4 amide bonds. The van der Waals surface area contributed by atoms with Crippen molar-refractivity contribution < 1.29 is 28.2 Å². The molecule has 0 aliphatic carbocycles. The Bertz CT molecular complexity index is 896. The van der Waals surface area contributed by atoms with Crippen molar-refractivity contribution >= 4 is 29.4 Å². The van der Waals surface area contributed by atoms with Crippen LogP contribution in [0.15, 0.2) is 42.5 Å². The predicted molar refractivity (Wildman–Crippen MR) is 92.9 cm³/mol. The molecule has 2 aromatic rings. The second-order valence-corrected chi connectivity index (χ2v) is 6.28. The van der Waals surface area contributed by atoms with Crippen molar-refractivity contribution in [3.63, 3.8) is 0 Å². The molecule has 7 nitrogen and oxygen atoms in total. The first-order valence-corrected chi connectivity index (χ1v) is 8.18. The molecule has 0 saturated carbocycles. The van der Waals surface area contributed by atoms with Crippen LogP contribution in [0.5, 0.6) is 11.5 Å². The number of carbonyl (C=O) groups excluding carboxylic acids is 3. The highest BCUT2D eigenvalue weighted by Gasteiger charge is 2.48. The van der Waals surface area contributed by atoms with Crippen LogP contribution in [0.4, 0.5) is 9.18 Å². The summed E-state index contributed by atoms with van der Waals surface area (Å²) in [5.41, 5.74) is -1.26. The number of carbonyl (C=O) groups is 3. The molecule has 1 aliphatic heterocycles. The van der Waals surface area contributed by atoms with Gasteiger partial charge in [-0.2, -0.15) is 0 Å². The standard InChI is InChI=1S/C18H14ClFN2O5/c1-18(15(23)21-17(25)22-16(18)24)27-13-6-4-12(5-7-13)26-9-10-2-3-11(20)8-14(10)19/h2-8H,9H2,1H3,(H2,21,22,23,24,25). The van der Waals surface area contributed by atoms with Gasteiger partial charge in [0.05, 0.1) is 5.02 Å². The number of benzene rings is 2. The second kappa shape index (κ2) is 7.24. The molecular weight excluding hydrogens is 379 g/mol. The Balaban J connectivity index is 1.66. The molecule has 140 valence electrons. The molecule has 0 unspecified atom stereocenters. The molecule has 27 heavy (non-hydrogen) atoms. The molecule has 1 fully saturated rings. The normalized spacial score (nSPS) is 15.7. The maximum atomic E-state index is 13.0. The van der Waals surface area contributed by atoms with Crippen LogP contribution in [0.25, 0.3) is 0 Å². The zero-order chi connectivity index (χ0) is 19.6. The Labute approximate surface area is 158 Å². The molecule has 0 bridgehead atoms. The van der Waals surface area contributed by atoms with Crippen molar-refractivity contribution in [2.24, 2.45) is 0 Å². The number of barbiturate groups is 1. The van der Waals surface area contributed by atoms with Gasteiger partial charge in [-0.05, 0) is 43.3 Å². The minimum absolute atomic E-state index is 0.129. The number of urea groups is 1. The molecule has 1 saturated heterocycles. The van der Waals surface area contributed by atoms with Crippen LogP contribution in [0, 0.1) is 5.82 Å². The lowest BCUT2D eigenvalue weighted by Crippen LogP contribution is -2.67. The number of hydrogen-bond donors (Lipinski definition) is 2. The van der Waals surface area contributed by atoms with E-state index in [9.17, 15) is 18.8 Å². The van der Waals surface area contributed by atoms with E-state index in [4.69, 9.17) is 21.1 Å². The lowest BCUT2D eigenvalue weighted by atomic mass is 10.0. The third-order valence-corrected chi connectivity index (χ3v) is 4.23. The van der Waals surface area contributed by atoms with Crippen molar-refractivity contribution in [2.75, 3.05) is 0 Å². The summed E-state index contributed by atoms with van der Waals surface area (Å²) in [6.07, 6.45) is 0. The molecule has 2 aromatic carbocycles. The maximum absolute atomic E-state index is 13.0. The Morgan fingerprint density at radius 3 is 2.19 bits per heavy atom. The van der Waals surface area contributed by atoms with Crippen LogP contribution < -0.4 is 20.1 Å². The van der Waals surface area contributed by atoms with Gasteiger partial charge in [-0.1, -0.05) is 17.7 Å². The summed E-state index contributed by atoms with van der Waals surface area (Å²) in [6.45, 7) is 1.38. The predicted octanol–water partition coefficient (Wildman–Crippen LogP) is 2.56. The Morgan fingerprint density at radius 2 is 1.59 bits per heavy atom. The number of rotatable bonds is 5. The van der Waals surface area contributed by atoms with Crippen LogP contribution in [-0.2, 0) is 16.2 Å². The highest BCUT2D eigenvalue weighted by molar-refractivity contribution is 6.31. The summed E-state index contributed by atoms with van der Waals surface area (Å²) < 4.78 is 24.1. The second-order valence-electron chi connectivity index (χ2n) is 5.87. The van der Waals surface area contributed by atoms with Crippen LogP contribution in [0.3, 0.4) is 0 Å². The van der Waals surface area contributed by atoms with Crippen LogP contribution in [0.2, 0.25) is 5.02 Å². The van der Waals surface area contributed by atoms with E-state index < -0.39 is 29.3 Å². The first-order valence-electron chi connectivity index (χ1n) is 7.80. The van der Waals surface area contributed by atoms with E-state index in [0.29, 0.717) is 11.3 Å². The fraction of sp³-hybridized carbons (Fsp3) is 0.167. The quantitative estimate of drug-likeness (QED) is 0.763. The van der Waals surface area contributed by atoms with Gasteiger partial charge in [0.2, 0.25) is 0 Å². The zero-order valence-electron chi connectivity index (χ0n) is 14.0. The fourth-order valence-corrected chi connectivity index (χ4v) is 2.53. The molecular formula is C18H14ClFN2O5. The average Bonchev–Trinajstić information content (AvgIpc) is 2.60. The molecule has 0 aromatic heterocycles. The van der Waals surface area contributed by atoms with Gasteiger partial charge in [-0.3, -0.25) is 20.2 Å². The molecule has 0 atom stereocenters. The van der Waals surface area contributed by atoms with E-state index in [2.05, 4.69) is 0 Å². The number of ether oxygens (including phenoxy) is 2. The Hall–Kier alpha value is -3.13. The first-order chi connectivity index (χ1) is 12.8. The SMILES string of the molecule is CC1(Oc2ccc(OCc3ccc(F)cc3Cl)cc2)C(=O)NC(=O)NC1=O. The third kappa shape index (κ3) is 4.01. The van der Waals surface area contributed by atoms with Gasteiger partial charge in [0.15, 0.2) is 0 Å². The summed E-state index contributed by atoms with van der Waals surface area (Å²) in [7, 11) is 0. The Morgan fingerprint density at radius 1 is 1.00 bits per heavy atom. The van der Waals surface area contributed by atoms with Crippen LogP contribution >= 0.6 is 11.6 Å². The summed E-state index contributed by atoms with van der Waals surface area (Å²) in [6, 6.07) is 9.26. The van der Waals surface area contributed by atoms with Crippen LogP contribution in [0.1, 0.15) is 12.5 Å². The largest absolute Gasteiger partial charge is 0.489 e. The Kier molecular flexibility index (Phi) is 5.00. The first kappa shape index (κ1) is 18.7. The molecule has 9 heteroatoms. The topological polar surface area (TPSA) is 93.7 Å². The highest BCUT2D eigenvalue weighted by Crippen LogP contribution is 2.25. The molecule has 0 radical (unpaired) electrons. The summed E-state index contributed by atoms with van der Waals surface area (Å²) in [4.78, 5) is 35.0. The van der Waals surface area contributed by atoms with E-state index >= 15 is 0 Å². The van der Waals surface area contributed by atoms with E-state index in [0.717, 1.165) is 0 Å². The summed E-state index contributed by atoms with van der Waals surface area (Å²) in [5.74, 6) is -1.45. The van der Waals surface area contributed by atoms with Gasteiger partial charge < -0.3 is 9.47 Å². The van der Waals surface area contributed by atoms with Crippen molar-refractivity contribution in [3.8, 4) is 11.5 Å².